The van der Waals surface area contributed by atoms with Gasteiger partial charge in [-0.1, -0.05) is 19.8 Å². The number of unbranched alkanes of at least 4 members (excludes halogenated alkanes) is 2. The predicted molar refractivity (Wildman–Crippen MR) is 80.5 cm³/mol. The molecule has 1 saturated carbocycles. The lowest BCUT2D eigenvalue weighted by atomic mass is 10.1. The molecule has 1 aliphatic rings. The highest BCUT2D eigenvalue weighted by atomic mass is 32.1. The Morgan fingerprint density at radius 2 is 2.11 bits per heavy atom. The summed E-state index contributed by atoms with van der Waals surface area (Å²) < 4.78 is 4.39. The van der Waals surface area contributed by atoms with Crippen LogP contribution in [0.4, 0.5) is 10.8 Å². The van der Waals surface area contributed by atoms with Crippen molar-refractivity contribution in [3.8, 4) is 0 Å². The predicted octanol–water partition coefficient (Wildman–Crippen LogP) is 4.01. The van der Waals surface area contributed by atoms with Crippen LogP contribution in [0.1, 0.15) is 64.4 Å². The van der Waals surface area contributed by atoms with Gasteiger partial charge in [-0.25, -0.2) is 0 Å². The number of hydrogen-bond acceptors (Lipinski definition) is 4. The zero-order valence-electron chi connectivity index (χ0n) is 11.8. The van der Waals surface area contributed by atoms with E-state index in [-0.39, 0.29) is 0 Å². The third-order valence-corrected chi connectivity index (χ3v) is 4.52. The Labute approximate surface area is 115 Å². The first kappa shape index (κ1) is 13.7. The third kappa shape index (κ3) is 2.97. The minimum Gasteiger partial charge on any atom is -0.383 e. The maximum absolute atomic E-state index is 6.05. The average Bonchev–Trinajstić information content (AvgIpc) is 3.09. The molecule has 2 N–H and O–H groups in total. The standard InChI is InChI=1S/C14H25N3S/c1-4-5-6-9-17(10(2)3)14-12(11-7-8-11)13(15)16-18-14/h10-11H,4-9H2,1-3H3,(H2,15,16). The Bertz CT molecular complexity index is 382. The molecule has 0 radical (unpaired) electrons. The summed E-state index contributed by atoms with van der Waals surface area (Å²) in [7, 11) is 0. The number of aromatic nitrogens is 1. The quantitative estimate of drug-likeness (QED) is 0.759. The first-order valence-corrected chi connectivity index (χ1v) is 7.94. The van der Waals surface area contributed by atoms with Crippen LogP contribution in [0.3, 0.4) is 0 Å². The van der Waals surface area contributed by atoms with Crippen LogP contribution in [-0.4, -0.2) is 17.0 Å². The molecule has 4 heteroatoms. The van der Waals surface area contributed by atoms with Crippen molar-refractivity contribution < 1.29 is 0 Å². The maximum atomic E-state index is 6.05. The Morgan fingerprint density at radius 3 is 2.67 bits per heavy atom. The van der Waals surface area contributed by atoms with Crippen molar-refractivity contribution in [1.82, 2.24) is 4.37 Å². The van der Waals surface area contributed by atoms with Crippen molar-refractivity contribution in [3.05, 3.63) is 5.56 Å². The van der Waals surface area contributed by atoms with Gasteiger partial charge in [0.15, 0.2) is 0 Å². The van der Waals surface area contributed by atoms with E-state index in [0.29, 0.717) is 12.0 Å². The van der Waals surface area contributed by atoms with Crippen LogP contribution in [0, 0.1) is 0 Å². The molecule has 1 aromatic heterocycles. The average molecular weight is 267 g/mol. The maximum Gasteiger partial charge on any atom is 0.142 e. The summed E-state index contributed by atoms with van der Waals surface area (Å²) in [5.41, 5.74) is 7.39. The zero-order chi connectivity index (χ0) is 13.1. The van der Waals surface area contributed by atoms with Crippen LogP contribution in [0.15, 0.2) is 0 Å². The van der Waals surface area contributed by atoms with Crippen LogP contribution >= 0.6 is 11.5 Å². The number of anilines is 2. The van der Waals surface area contributed by atoms with Crippen LogP contribution in [-0.2, 0) is 0 Å². The molecule has 0 aromatic carbocycles. The van der Waals surface area contributed by atoms with E-state index >= 15 is 0 Å². The van der Waals surface area contributed by atoms with Gasteiger partial charge < -0.3 is 10.6 Å². The second-order valence-corrected chi connectivity index (χ2v) is 6.31. The largest absolute Gasteiger partial charge is 0.383 e. The summed E-state index contributed by atoms with van der Waals surface area (Å²) in [4.78, 5) is 2.50. The molecule has 0 saturated heterocycles. The van der Waals surface area contributed by atoms with E-state index in [0.717, 1.165) is 12.4 Å². The molecule has 0 amide bonds. The van der Waals surface area contributed by atoms with Crippen molar-refractivity contribution in [2.45, 2.75) is 64.8 Å². The van der Waals surface area contributed by atoms with Gasteiger partial charge in [0.2, 0.25) is 0 Å². The van der Waals surface area contributed by atoms with Crippen LogP contribution in [0.2, 0.25) is 0 Å². The van der Waals surface area contributed by atoms with E-state index in [4.69, 9.17) is 5.73 Å². The molecular formula is C14H25N3S. The lowest BCUT2D eigenvalue weighted by molar-refractivity contribution is 0.628. The molecule has 3 nitrogen and oxygen atoms in total. The molecule has 0 unspecified atom stereocenters. The number of nitrogens with two attached hydrogens (primary N) is 1. The Morgan fingerprint density at radius 1 is 1.39 bits per heavy atom. The fourth-order valence-corrected chi connectivity index (χ4v) is 3.45. The minimum absolute atomic E-state index is 0.527. The first-order valence-electron chi connectivity index (χ1n) is 7.16. The molecule has 1 fully saturated rings. The van der Waals surface area contributed by atoms with Gasteiger partial charge >= 0.3 is 0 Å². The monoisotopic (exact) mass is 267 g/mol. The number of hydrogen-bond donors (Lipinski definition) is 1. The van der Waals surface area contributed by atoms with Crippen LogP contribution in [0.25, 0.3) is 0 Å². The van der Waals surface area contributed by atoms with Gasteiger partial charge in [0.1, 0.15) is 10.8 Å². The normalized spacial score (nSPS) is 15.3. The fraction of sp³-hybridized carbons (Fsp3) is 0.786. The van der Waals surface area contributed by atoms with E-state index < -0.39 is 0 Å². The second kappa shape index (κ2) is 5.91. The Balaban J connectivity index is 2.14. The van der Waals surface area contributed by atoms with Crippen LogP contribution < -0.4 is 10.6 Å². The van der Waals surface area contributed by atoms with Crippen molar-refractivity contribution in [1.29, 1.82) is 0 Å². The highest BCUT2D eigenvalue weighted by Crippen LogP contribution is 2.49. The molecule has 0 spiro atoms. The second-order valence-electron chi connectivity index (χ2n) is 5.56. The van der Waals surface area contributed by atoms with E-state index in [9.17, 15) is 0 Å². The Kier molecular flexibility index (Phi) is 4.49. The summed E-state index contributed by atoms with van der Waals surface area (Å²) in [6.45, 7) is 7.91. The topological polar surface area (TPSA) is 42.2 Å². The highest BCUT2D eigenvalue weighted by molar-refractivity contribution is 7.10. The summed E-state index contributed by atoms with van der Waals surface area (Å²) in [5.74, 6) is 1.46. The van der Waals surface area contributed by atoms with Crippen molar-refractivity contribution in [2.75, 3.05) is 17.2 Å². The first-order chi connectivity index (χ1) is 8.65. The van der Waals surface area contributed by atoms with Crippen molar-refractivity contribution in [3.63, 3.8) is 0 Å². The Hall–Kier alpha value is -0.770. The zero-order valence-corrected chi connectivity index (χ0v) is 12.6. The summed E-state index contributed by atoms with van der Waals surface area (Å²) in [6, 6.07) is 0.527. The fourth-order valence-electron chi connectivity index (χ4n) is 2.39. The number of nitrogens with zero attached hydrogens (tertiary/aromatic N) is 2. The SMILES string of the molecule is CCCCCN(c1snc(N)c1C1CC1)C(C)C. The summed E-state index contributed by atoms with van der Waals surface area (Å²) in [5, 5.41) is 1.33. The molecule has 0 atom stereocenters. The molecule has 18 heavy (non-hydrogen) atoms. The third-order valence-electron chi connectivity index (χ3n) is 3.61. The molecule has 1 aromatic rings. The lowest BCUT2D eigenvalue weighted by Crippen LogP contribution is -2.31. The minimum atomic E-state index is 0.527. The lowest BCUT2D eigenvalue weighted by Gasteiger charge is -2.28. The summed E-state index contributed by atoms with van der Waals surface area (Å²) >= 11 is 1.59. The molecule has 0 bridgehead atoms. The molecule has 1 aliphatic carbocycles. The van der Waals surface area contributed by atoms with Gasteiger partial charge in [-0.3, -0.25) is 0 Å². The van der Waals surface area contributed by atoms with Crippen LogP contribution in [0.5, 0.6) is 0 Å². The molecular weight excluding hydrogens is 242 g/mol. The molecule has 2 rings (SSSR count). The van der Waals surface area contributed by atoms with Crippen molar-refractivity contribution >= 4 is 22.4 Å². The smallest absolute Gasteiger partial charge is 0.142 e. The van der Waals surface area contributed by atoms with E-state index in [1.807, 2.05) is 0 Å². The van der Waals surface area contributed by atoms with E-state index in [1.54, 1.807) is 11.5 Å². The highest BCUT2D eigenvalue weighted by Gasteiger charge is 2.32. The van der Waals surface area contributed by atoms with E-state index in [1.165, 1.54) is 42.7 Å². The van der Waals surface area contributed by atoms with Gasteiger partial charge in [0.25, 0.3) is 0 Å². The number of nitrogen functional groups attached to an aromatic ring is 1. The molecule has 0 aliphatic heterocycles. The van der Waals surface area contributed by atoms with Gasteiger partial charge in [-0.15, -0.1) is 0 Å². The van der Waals surface area contributed by atoms with Gasteiger partial charge in [-0.2, -0.15) is 4.37 Å². The molecule has 102 valence electrons. The summed E-state index contributed by atoms with van der Waals surface area (Å²) in [6.07, 6.45) is 6.41. The van der Waals surface area contributed by atoms with Crippen molar-refractivity contribution in [2.24, 2.45) is 0 Å². The van der Waals surface area contributed by atoms with E-state index in [2.05, 4.69) is 30.0 Å². The van der Waals surface area contributed by atoms with Gasteiger partial charge in [0, 0.05) is 18.2 Å². The van der Waals surface area contributed by atoms with Gasteiger partial charge in [-0.05, 0) is 50.6 Å². The van der Waals surface area contributed by atoms with Gasteiger partial charge in [0.05, 0.1) is 0 Å². The number of rotatable bonds is 7. The molecule has 1 heterocycles.